The highest BCUT2D eigenvalue weighted by atomic mass is 19.1. The average molecular weight is 699 g/mol. The Bertz CT molecular complexity index is 1680. The minimum absolute atomic E-state index is 0.0900. The van der Waals surface area contributed by atoms with E-state index < -0.39 is 20.6 Å². The number of nitro benzene ring substituents is 3. The van der Waals surface area contributed by atoms with E-state index in [9.17, 15) is 34.7 Å². The molecule has 12 nitrogen and oxygen atoms in total. The number of halogens is 1. The fraction of sp³-hybridized carbons (Fsp3) is 0.211. The first-order chi connectivity index (χ1) is 24.3. The normalized spacial score (nSPS) is 9.98. The summed E-state index contributed by atoms with van der Waals surface area (Å²) in [5.74, 6) is -0.467. The van der Waals surface area contributed by atoms with Gasteiger partial charge in [-0.2, -0.15) is 0 Å². The highest BCUT2D eigenvalue weighted by Gasteiger charge is 2.07. The quantitative estimate of drug-likeness (QED) is 0.0818. The minimum Gasteiger partial charge on any atom is -0.399 e. The molecular weight excluding hydrogens is 655 g/mol. The number of hydrogen-bond acceptors (Lipinski definition) is 9. The van der Waals surface area contributed by atoms with E-state index in [0.29, 0.717) is 12.8 Å². The molecule has 51 heavy (non-hydrogen) atoms. The molecule has 0 aromatic heterocycles. The molecule has 13 heteroatoms. The zero-order valence-electron chi connectivity index (χ0n) is 28.9. The molecule has 268 valence electrons. The molecule has 0 amide bonds. The molecule has 0 bridgehead atoms. The highest BCUT2D eigenvalue weighted by molar-refractivity contribution is 5.48. The first-order valence-corrected chi connectivity index (χ1v) is 16.1. The van der Waals surface area contributed by atoms with Gasteiger partial charge in [-0.1, -0.05) is 69.3 Å². The summed E-state index contributed by atoms with van der Waals surface area (Å²) in [5.41, 5.74) is 16.6. The van der Waals surface area contributed by atoms with Crippen LogP contribution < -0.4 is 11.5 Å². The zero-order chi connectivity index (χ0) is 37.8. The summed E-state index contributed by atoms with van der Waals surface area (Å²) in [6.45, 7) is 10.1. The van der Waals surface area contributed by atoms with Crippen LogP contribution in [0.3, 0.4) is 0 Å². The molecule has 5 aromatic rings. The van der Waals surface area contributed by atoms with Crippen molar-refractivity contribution in [2.24, 2.45) is 0 Å². The van der Waals surface area contributed by atoms with Crippen LogP contribution in [0.25, 0.3) is 0 Å². The molecule has 0 aliphatic carbocycles. The number of anilines is 2. The lowest BCUT2D eigenvalue weighted by Gasteiger charge is -2.13. The molecule has 5 rings (SSSR count). The van der Waals surface area contributed by atoms with E-state index in [2.05, 4.69) is 25.7 Å². The van der Waals surface area contributed by atoms with E-state index in [0.717, 1.165) is 57.9 Å². The molecule has 0 unspecified atom stereocenters. The number of nitrogen functional groups attached to an aromatic ring is 2. The maximum Gasteiger partial charge on any atom is 0.269 e. The molecule has 0 fully saturated rings. The number of nitrogens with zero attached hydrogens (tertiary/aromatic N) is 4. The van der Waals surface area contributed by atoms with Gasteiger partial charge in [-0.15, -0.1) is 0 Å². The SMILES string of the molecule is CCN(CC)CC.Nc1ccc(N)cc1.O=[N+]([O-])c1ccc(Cc2ccc(Cc3ccc([N+](=O)[O-])cc3)cc2)cc1.O=[N+]([O-])c1ccc(F)cc1. The van der Waals surface area contributed by atoms with Gasteiger partial charge in [-0.25, -0.2) is 4.39 Å². The third kappa shape index (κ3) is 15.7. The van der Waals surface area contributed by atoms with Crippen molar-refractivity contribution in [1.29, 1.82) is 0 Å². The first kappa shape index (κ1) is 41.0. The van der Waals surface area contributed by atoms with Crippen LogP contribution in [0.15, 0.2) is 121 Å². The molecule has 0 saturated heterocycles. The van der Waals surface area contributed by atoms with Gasteiger partial charge in [0.25, 0.3) is 17.1 Å². The largest absolute Gasteiger partial charge is 0.399 e. The van der Waals surface area contributed by atoms with Crippen molar-refractivity contribution >= 4 is 28.4 Å². The number of hydrogen-bond donors (Lipinski definition) is 2. The van der Waals surface area contributed by atoms with Crippen molar-refractivity contribution < 1.29 is 19.2 Å². The number of non-ortho nitro benzene ring substituents is 3. The maximum absolute atomic E-state index is 12.1. The van der Waals surface area contributed by atoms with Crippen LogP contribution >= 0.6 is 0 Å². The van der Waals surface area contributed by atoms with Gasteiger partial charge in [0, 0.05) is 47.8 Å². The predicted molar refractivity (Wildman–Crippen MR) is 200 cm³/mol. The fourth-order valence-electron chi connectivity index (χ4n) is 4.45. The van der Waals surface area contributed by atoms with E-state index in [4.69, 9.17) is 11.5 Å². The Balaban J connectivity index is 0.000000292. The second kappa shape index (κ2) is 21.7. The van der Waals surface area contributed by atoms with Gasteiger partial charge in [-0.05, 0) is 91.1 Å². The summed E-state index contributed by atoms with van der Waals surface area (Å²) in [6.07, 6.45) is 1.41. The molecule has 0 atom stereocenters. The Labute approximate surface area is 296 Å². The highest BCUT2D eigenvalue weighted by Crippen LogP contribution is 2.18. The molecule has 0 aliphatic rings. The van der Waals surface area contributed by atoms with Gasteiger partial charge in [0.15, 0.2) is 0 Å². The number of rotatable bonds is 10. The van der Waals surface area contributed by atoms with E-state index in [-0.39, 0.29) is 17.1 Å². The van der Waals surface area contributed by atoms with Crippen molar-refractivity contribution in [3.05, 3.63) is 180 Å². The molecule has 0 heterocycles. The topological polar surface area (TPSA) is 185 Å². The summed E-state index contributed by atoms with van der Waals surface area (Å²) in [5, 5.41) is 31.4. The lowest BCUT2D eigenvalue weighted by atomic mass is 10.00. The third-order valence-electron chi connectivity index (χ3n) is 7.45. The summed E-state index contributed by atoms with van der Waals surface area (Å²) in [6, 6.07) is 32.7. The van der Waals surface area contributed by atoms with Crippen LogP contribution in [0, 0.1) is 36.2 Å². The number of nitrogens with two attached hydrogens (primary N) is 2. The van der Waals surface area contributed by atoms with Gasteiger partial charge < -0.3 is 16.4 Å². The molecule has 0 spiro atoms. The van der Waals surface area contributed by atoms with Crippen LogP contribution in [-0.4, -0.2) is 39.3 Å². The van der Waals surface area contributed by atoms with Crippen molar-refractivity contribution in [2.45, 2.75) is 33.6 Å². The average Bonchev–Trinajstić information content (AvgIpc) is 3.13. The standard InChI is InChI=1S/C20H16N2O4.C6H4FNO2.C6H8N2.C6H15N/c23-21(24)19-9-5-17(6-10-19)13-15-1-2-16(4-3-15)14-18-7-11-20(12-8-18)22(25)26;7-5-1-3-6(4-2-5)8(9)10;7-5-1-2-6(8)4-3-5;1-4-7(5-2)6-3/h1-12H,13-14H2;1-4H;1-4H,7-8H2;4-6H2,1-3H3. The summed E-state index contributed by atoms with van der Waals surface area (Å²) in [4.78, 5) is 32.4. The smallest absolute Gasteiger partial charge is 0.269 e. The Kier molecular flexibility index (Phi) is 17.4. The van der Waals surface area contributed by atoms with Crippen molar-refractivity contribution in [3.8, 4) is 0 Å². The molecule has 0 aliphatic heterocycles. The van der Waals surface area contributed by atoms with Gasteiger partial charge in [0.1, 0.15) is 5.82 Å². The molecule has 0 saturated carbocycles. The Morgan fingerprint density at radius 3 is 0.922 bits per heavy atom. The van der Waals surface area contributed by atoms with Crippen LogP contribution in [0.4, 0.5) is 32.8 Å². The van der Waals surface area contributed by atoms with Crippen LogP contribution in [0.2, 0.25) is 0 Å². The molecule has 5 aromatic carbocycles. The minimum atomic E-state index is -0.570. The summed E-state index contributed by atoms with van der Waals surface area (Å²) < 4.78 is 12.1. The monoisotopic (exact) mass is 698 g/mol. The fourth-order valence-corrected chi connectivity index (χ4v) is 4.45. The van der Waals surface area contributed by atoms with E-state index in [1.165, 1.54) is 43.9 Å². The lowest BCUT2D eigenvalue weighted by molar-refractivity contribution is -0.385. The van der Waals surface area contributed by atoms with Crippen LogP contribution in [0.1, 0.15) is 43.0 Å². The zero-order valence-corrected chi connectivity index (χ0v) is 28.9. The second-order valence-electron chi connectivity index (χ2n) is 11.0. The van der Waals surface area contributed by atoms with Crippen LogP contribution in [-0.2, 0) is 12.8 Å². The summed E-state index contributed by atoms with van der Waals surface area (Å²) in [7, 11) is 0. The lowest BCUT2D eigenvalue weighted by Crippen LogP contribution is -2.21. The van der Waals surface area contributed by atoms with Gasteiger partial charge in [-0.3, -0.25) is 30.3 Å². The van der Waals surface area contributed by atoms with E-state index in [1.807, 2.05) is 24.3 Å². The van der Waals surface area contributed by atoms with Gasteiger partial charge >= 0.3 is 0 Å². The maximum atomic E-state index is 12.1. The molecule has 4 N–H and O–H groups in total. The molecule has 0 radical (unpaired) electrons. The van der Waals surface area contributed by atoms with Crippen LogP contribution in [0.5, 0.6) is 0 Å². The molecular formula is C38H43FN6O6. The predicted octanol–water partition coefficient (Wildman–Crippen LogP) is 8.62. The first-order valence-electron chi connectivity index (χ1n) is 16.1. The van der Waals surface area contributed by atoms with Gasteiger partial charge in [0.2, 0.25) is 0 Å². The number of benzene rings is 5. The van der Waals surface area contributed by atoms with E-state index in [1.54, 1.807) is 48.5 Å². The van der Waals surface area contributed by atoms with Crippen molar-refractivity contribution in [2.75, 3.05) is 31.1 Å². The van der Waals surface area contributed by atoms with Crippen molar-refractivity contribution in [3.63, 3.8) is 0 Å². The summed E-state index contributed by atoms with van der Waals surface area (Å²) >= 11 is 0. The number of nitro groups is 3. The van der Waals surface area contributed by atoms with Gasteiger partial charge in [0.05, 0.1) is 14.8 Å². The van der Waals surface area contributed by atoms with Crippen molar-refractivity contribution in [1.82, 2.24) is 4.90 Å². The Morgan fingerprint density at radius 2 is 0.706 bits per heavy atom. The second-order valence-corrected chi connectivity index (χ2v) is 11.0. The Morgan fingerprint density at radius 1 is 0.471 bits per heavy atom. The Hall–Kier alpha value is -6.21. The third-order valence-corrected chi connectivity index (χ3v) is 7.45. The van der Waals surface area contributed by atoms with E-state index >= 15 is 0 Å².